The molecule has 5 rings (SSSR count). The quantitative estimate of drug-likeness (QED) is 0.408. The number of aromatic nitrogens is 1. The van der Waals surface area contributed by atoms with Crippen molar-refractivity contribution < 1.29 is 17.9 Å². The Morgan fingerprint density at radius 1 is 1.14 bits per heavy atom. The number of fused-ring (bicyclic) bond motifs is 1. The molecule has 2 aromatic heterocycles. The molecular formula is C26H34N4O4S3. The van der Waals surface area contributed by atoms with Crippen molar-refractivity contribution in [2.75, 3.05) is 50.8 Å². The van der Waals surface area contributed by atoms with Gasteiger partial charge in [0.15, 0.2) is 5.13 Å². The van der Waals surface area contributed by atoms with E-state index in [2.05, 4.69) is 24.0 Å². The lowest BCUT2D eigenvalue weighted by Crippen LogP contribution is -2.53. The first-order valence-electron chi connectivity index (χ1n) is 12.9. The summed E-state index contributed by atoms with van der Waals surface area (Å²) in [6.07, 6.45) is 2.88. The molecule has 11 heteroatoms. The predicted molar refractivity (Wildman–Crippen MR) is 149 cm³/mol. The van der Waals surface area contributed by atoms with Crippen LogP contribution in [0.25, 0.3) is 10.2 Å². The Kier molecular flexibility index (Phi) is 8.28. The molecule has 0 N–H and O–H groups in total. The molecule has 2 fully saturated rings. The third kappa shape index (κ3) is 5.62. The van der Waals surface area contributed by atoms with Gasteiger partial charge in [0.25, 0.3) is 10.0 Å². The molecule has 0 saturated carbocycles. The van der Waals surface area contributed by atoms with Gasteiger partial charge in [-0.3, -0.25) is 14.6 Å². The van der Waals surface area contributed by atoms with E-state index in [1.165, 1.54) is 27.0 Å². The first-order valence-corrected chi connectivity index (χ1v) is 16.0. The van der Waals surface area contributed by atoms with Crippen molar-refractivity contribution in [2.45, 2.75) is 49.8 Å². The predicted octanol–water partition coefficient (Wildman–Crippen LogP) is 4.27. The minimum absolute atomic E-state index is 0.170. The average molecular weight is 563 g/mol. The van der Waals surface area contributed by atoms with E-state index in [1.807, 2.05) is 6.92 Å². The van der Waals surface area contributed by atoms with Crippen LogP contribution in [0.3, 0.4) is 0 Å². The van der Waals surface area contributed by atoms with E-state index in [1.54, 1.807) is 22.4 Å². The van der Waals surface area contributed by atoms with Crippen molar-refractivity contribution in [2.24, 2.45) is 0 Å². The van der Waals surface area contributed by atoms with Crippen LogP contribution < -0.4 is 4.90 Å². The molecule has 1 atom stereocenters. The number of aryl methyl sites for hydroxylation is 2. The molecule has 1 unspecified atom stereocenters. The Balaban J connectivity index is 1.45. The number of nitrogens with zero attached hydrogens (tertiary/aromatic N) is 4. The number of hydrogen-bond acceptors (Lipinski definition) is 8. The van der Waals surface area contributed by atoms with E-state index < -0.39 is 16.1 Å². The molecule has 0 aliphatic carbocycles. The highest BCUT2D eigenvalue weighted by molar-refractivity contribution is 7.91. The Morgan fingerprint density at radius 3 is 2.65 bits per heavy atom. The number of piperidine rings is 1. The molecule has 2 aliphatic heterocycles. The number of morpholine rings is 1. The van der Waals surface area contributed by atoms with E-state index in [-0.39, 0.29) is 10.1 Å². The lowest BCUT2D eigenvalue weighted by Gasteiger charge is -2.36. The zero-order chi connectivity index (χ0) is 26.0. The van der Waals surface area contributed by atoms with Crippen LogP contribution in [0.5, 0.6) is 0 Å². The van der Waals surface area contributed by atoms with Crippen molar-refractivity contribution in [1.82, 2.24) is 14.2 Å². The summed E-state index contributed by atoms with van der Waals surface area (Å²) in [6.45, 7) is 9.06. The summed E-state index contributed by atoms with van der Waals surface area (Å²) < 4.78 is 35.3. The van der Waals surface area contributed by atoms with Crippen LogP contribution in [0.2, 0.25) is 0 Å². The lowest BCUT2D eigenvalue weighted by atomic mass is 10.0. The van der Waals surface area contributed by atoms with Crippen molar-refractivity contribution in [3.8, 4) is 0 Å². The Morgan fingerprint density at radius 2 is 1.92 bits per heavy atom. The summed E-state index contributed by atoms with van der Waals surface area (Å²) in [5.41, 5.74) is 3.12. The van der Waals surface area contributed by atoms with E-state index in [0.717, 1.165) is 73.5 Å². The van der Waals surface area contributed by atoms with Crippen LogP contribution in [-0.2, 0) is 19.6 Å². The highest BCUT2D eigenvalue weighted by atomic mass is 32.2. The summed E-state index contributed by atoms with van der Waals surface area (Å²) >= 11 is 2.72. The molecule has 0 bridgehead atoms. The highest BCUT2D eigenvalue weighted by Gasteiger charge is 2.40. The molecule has 2 saturated heterocycles. The van der Waals surface area contributed by atoms with Crippen LogP contribution in [-0.4, -0.2) is 80.5 Å². The monoisotopic (exact) mass is 562 g/mol. The topological polar surface area (TPSA) is 83.0 Å². The zero-order valence-corrected chi connectivity index (χ0v) is 23.8. The Hall–Kier alpha value is -1.89. The number of benzene rings is 1. The third-order valence-corrected chi connectivity index (χ3v) is 11.7. The number of thiazole rings is 1. The van der Waals surface area contributed by atoms with Gasteiger partial charge < -0.3 is 4.74 Å². The highest BCUT2D eigenvalue weighted by Crippen LogP contribution is 2.35. The van der Waals surface area contributed by atoms with Crippen LogP contribution in [0.4, 0.5) is 5.13 Å². The van der Waals surface area contributed by atoms with Gasteiger partial charge in [-0.15, -0.1) is 11.3 Å². The fraction of sp³-hybridized carbons (Fsp3) is 0.538. The number of rotatable bonds is 8. The SMILES string of the molecule is Cc1ccc(C)c2sc(N(CCCN3CCOCC3)C(=O)C3CCCCN3S(=O)(=O)c3cccs3)nc12. The normalized spacial score (nSPS) is 19.9. The maximum atomic E-state index is 14.2. The summed E-state index contributed by atoms with van der Waals surface area (Å²) in [6, 6.07) is 6.78. The molecule has 8 nitrogen and oxygen atoms in total. The van der Waals surface area contributed by atoms with E-state index in [9.17, 15) is 13.2 Å². The van der Waals surface area contributed by atoms with Crippen LogP contribution in [0.1, 0.15) is 36.8 Å². The van der Waals surface area contributed by atoms with Crippen molar-refractivity contribution in [3.05, 3.63) is 40.8 Å². The van der Waals surface area contributed by atoms with Crippen LogP contribution in [0, 0.1) is 13.8 Å². The van der Waals surface area contributed by atoms with Gasteiger partial charge in [0.2, 0.25) is 5.91 Å². The third-order valence-electron chi connectivity index (χ3n) is 7.18. The second-order valence-corrected chi connectivity index (χ2v) is 13.8. The summed E-state index contributed by atoms with van der Waals surface area (Å²) in [4.78, 5) is 23.2. The summed E-state index contributed by atoms with van der Waals surface area (Å²) in [5, 5.41) is 2.41. The van der Waals surface area contributed by atoms with E-state index in [0.29, 0.717) is 24.6 Å². The van der Waals surface area contributed by atoms with Gasteiger partial charge in [0.1, 0.15) is 10.3 Å². The van der Waals surface area contributed by atoms with Crippen LogP contribution >= 0.6 is 22.7 Å². The minimum atomic E-state index is -3.74. The maximum absolute atomic E-state index is 14.2. The van der Waals surface area contributed by atoms with Crippen LogP contribution in [0.15, 0.2) is 33.9 Å². The molecular weight excluding hydrogens is 529 g/mol. The fourth-order valence-electron chi connectivity index (χ4n) is 5.09. The smallest absolute Gasteiger partial charge is 0.253 e. The van der Waals surface area contributed by atoms with E-state index in [4.69, 9.17) is 9.72 Å². The fourth-order valence-corrected chi connectivity index (χ4v) is 9.00. The molecule has 3 aromatic rings. The molecule has 37 heavy (non-hydrogen) atoms. The molecule has 4 heterocycles. The van der Waals surface area contributed by atoms with E-state index >= 15 is 0 Å². The Bertz CT molecular complexity index is 1290. The molecule has 0 spiro atoms. The number of sulfonamides is 1. The minimum Gasteiger partial charge on any atom is -0.379 e. The largest absolute Gasteiger partial charge is 0.379 e. The number of ether oxygens (including phenoxy) is 1. The first kappa shape index (κ1) is 26.7. The molecule has 200 valence electrons. The second kappa shape index (κ2) is 11.5. The van der Waals surface area contributed by atoms with Gasteiger partial charge in [-0.1, -0.05) is 36.0 Å². The summed E-state index contributed by atoms with van der Waals surface area (Å²) in [7, 11) is -3.74. The van der Waals surface area contributed by atoms with Gasteiger partial charge in [0.05, 0.1) is 23.4 Å². The number of thiophene rings is 1. The molecule has 0 radical (unpaired) electrons. The Labute approximate surface area is 226 Å². The standard InChI is InChI=1S/C26H34N4O4S3/c1-19-9-10-20(2)24-23(19)27-26(36-24)29(12-6-11-28-14-16-34-17-15-28)25(31)21-7-3-4-13-30(21)37(32,33)22-8-5-18-35-22/h5,8-10,18,21H,3-4,6-7,11-17H2,1-2H3. The molecule has 1 aromatic carbocycles. The first-order chi connectivity index (χ1) is 17.9. The van der Waals surface area contributed by atoms with Crippen molar-refractivity contribution >= 4 is 54.0 Å². The number of carbonyl (C=O) groups is 1. The van der Waals surface area contributed by atoms with Gasteiger partial charge in [0, 0.05) is 32.7 Å². The van der Waals surface area contributed by atoms with Gasteiger partial charge in [-0.25, -0.2) is 13.4 Å². The maximum Gasteiger partial charge on any atom is 0.253 e. The lowest BCUT2D eigenvalue weighted by molar-refractivity contribution is -0.123. The second-order valence-electron chi connectivity index (χ2n) is 9.73. The molecule has 2 aliphatic rings. The number of hydrogen-bond donors (Lipinski definition) is 0. The van der Waals surface area contributed by atoms with Gasteiger partial charge in [-0.2, -0.15) is 4.31 Å². The van der Waals surface area contributed by atoms with Crippen molar-refractivity contribution in [1.29, 1.82) is 0 Å². The average Bonchev–Trinajstić information content (AvgIpc) is 3.61. The zero-order valence-electron chi connectivity index (χ0n) is 21.4. The van der Waals surface area contributed by atoms with Crippen molar-refractivity contribution in [3.63, 3.8) is 0 Å². The van der Waals surface area contributed by atoms with Gasteiger partial charge in [-0.05, 0) is 55.7 Å². The summed E-state index contributed by atoms with van der Waals surface area (Å²) in [5.74, 6) is -0.170. The molecule has 1 amide bonds. The number of anilines is 1. The number of amides is 1. The number of carbonyl (C=O) groups excluding carboxylic acids is 1. The van der Waals surface area contributed by atoms with Gasteiger partial charge >= 0.3 is 0 Å².